The summed E-state index contributed by atoms with van der Waals surface area (Å²) in [5, 5.41) is 24.5. The van der Waals surface area contributed by atoms with E-state index in [4.69, 9.17) is 4.52 Å². The van der Waals surface area contributed by atoms with Crippen molar-refractivity contribution in [1.82, 2.24) is 20.0 Å². The molecule has 166 valence electrons. The van der Waals surface area contributed by atoms with Crippen LogP contribution in [0, 0.1) is 5.82 Å². The summed E-state index contributed by atoms with van der Waals surface area (Å²) in [5.41, 5.74) is -0.689. The highest BCUT2D eigenvalue weighted by atomic mass is 19.1. The smallest absolute Gasteiger partial charge is 0.355 e. The van der Waals surface area contributed by atoms with Crippen molar-refractivity contribution in [2.75, 3.05) is 13.6 Å². The van der Waals surface area contributed by atoms with E-state index in [9.17, 15) is 24.2 Å². The van der Waals surface area contributed by atoms with Crippen molar-refractivity contribution in [3.63, 3.8) is 0 Å². The van der Waals surface area contributed by atoms with Crippen molar-refractivity contribution in [3.8, 4) is 22.7 Å². The van der Waals surface area contributed by atoms with Gasteiger partial charge in [0.1, 0.15) is 11.5 Å². The van der Waals surface area contributed by atoms with Crippen LogP contribution in [0.5, 0.6) is 0 Å². The predicted molar refractivity (Wildman–Crippen MR) is 114 cm³/mol. The summed E-state index contributed by atoms with van der Waals surface area (Å²) >= 11 is 0. The van der Waals surface area contributed by atoms with Crippen LogP contribution in [-0.4, -0.2) is 55.7 Å². The van der Waals surface area contributed by atoms with E-state index in [-0.39, 0.29) is 34.5 Å². The van der Waals surface area contributed by atoms with Crippen LogP contribution in [0.4, 0.5) is 4.39 Å². The molecule has 3 heterocycles. The molecule has 1 aliphatic heterocycles. The van der Waals surface area contributed by atoms with Gasteiger partial charge < -0.3 is 19.6 Å². The number of hydrogen-bond donors (Lipinski definition) is 2. The van der Waals surface area contributed by atoms with Gasteiger partial charge in [0.25, 0.3) is 5.91 Å². The van der Waals surface area contributed by atoms with E-state index >= 15 is 0 Å². The van der Waals surface area contributed by atoms with E-state index in [1.54, 1.807) is 31.3 Å². The number of likely N-dealkylation sites (tertiary alicyclic amines) is 1. The Balaban J connectivity index is 1.56. The zero-order chi connectivity index (χ0) is 23.3. The number of nitrogens with zero attached hydrogens (tertiary/aromatic N) is 4. The number of aliphatic hydroxyl groups is 1. The van der Waals surface area contributed by atoms with E-state index in [2.05, 4.69) is 15.1 Å². The SMILES string of the molecule is CN1CC[C@@](O)(c2cc(-c3cccc(-c4nc(C(=O)O)c5ccc(F)cc5n4)c3)on2)C1=O. The first-order valence-electron chi connectivity index (χ1n) is 10.0. The fourth-order valence-electron chi connectivity index (χ4n) is 3.90. The van der Waals surface area contributed by atoms with Gasteiger partial charge in [-0.05, 0) is 18.2 Å². The minimum atomic E-state index is -1.74. The number of hydrogen-bond acceptors (Lipinski definition) is 7. The highest BCUT2D eigenvalue weighted by Gasteiger charge is 2.47. The average Bonchev–Trinajstić information content (AvgIpc) is 3.40. The minimum Gasteiger partial charge on any atom is -0.476 e. The quantitative estimate of drug-likeness (QED) is 0.488. The Morgan fingerprint density at radius 2 is 1.94 bits per heavy atom. The number of aromatic carboxylic acids is 1. The average molecular weight is 448 g/mol. The molecule has 1 saturated heterocycles. The fourth-order valence-corrected chi connectivity index (χ4v) is 3.90. The van der Waals surface area contributed by atoms with Crippen LogP contribution in [0.1, 0.15) is 22.6 Å². The third kappa shape index (κ3) is 3.40. The summed E-state index contributed by atoms with van der Waals surface area (Å²) < 4.78 is 19.1. The van der Waals surface area contributed by atoms with Crippen molar-refractivity contribution in [1.29, 1.82) is 0 Å². The predicted octanol–water partition coefficient (Wildman–Crippen LogP) is 2.84. The van der Waals surface area contributed by atoms with Crippen LogP contribution in [0.25, 0.3) is 33.6 Å². The van der Waals surface area contributed by atoms with Crippen molar-refractivity contribution in [3.05, 3.63) is 65.7 Å². The molecule has 5 rings (SSSR count). The minimum absolute atomic E-state index is 0.0957. The highest BCUT2D eigenvalue weighted by Crippen LogP contribution is 2.35. The molecule has 0 radical (unpaired) electrons. The van der Waals surface area contributed by atoms with Crippen molar-refractivity contribution >= 4 is 22.8 Å². The van der Waals surface area contributed by atoms with Crippen LogP contribution in [0.2, 0.25) is 0 Å². The number of benzene rings is 2. The maximum Gasteiger partial charge on any atom is 0.355 e. The van der Waals surface area contributed by atoms with Gasteiger partial charge in [0, 0.05) is 48.7 Å². The summed E-state index contributed by atoms with van der Waals surface area (Å²) in [7, 11) is 1.60. The molecule has 0 spiro atoms. The van der Waals surface area contributed by atoms with Gasteiger partial charge in [-0.2, -0.15) is 0 Å². The Kier molecular flexibility index (Phi) is 4.68. The number of likely N-dealkylation sites (N-methyl/N-ethyl adjacent to an activating group) is 1. The topological polar surface area (TPSA) is 130 Å². The number of aromatic nitrogens is 3. The molecule has 10 heteroatoms. The third-order valence-electron chi connectivity index (χ3n) is 5.71. The van der Waals surface area contributed by atoms with E-state index in [1.165, 1.54) is 17.0 Å². The van der Waals surface area contributed by atoms with Gasteiger partial charge >= 0.3 is 5.97 Å². The number of carbonyl (C=O) groups excluding carboxylic acids is 1. The van der Waals surface area contributed by atoms with Crippen LogP contribution >= 0.6 is 0 Å². The van der Waals surface area contributed by atoms with Gasteiger partial charge in [-0.15, -0.1) is 0 Å². The lowest BCUT2D eigenvalue weighted by atomic mass is 9.97. The number of fused-ring (bicyclic) bond motifs is 1. The molecule has 2 N–H and O–H groups in total. The van der Waals surface area contributed by atoms with Crippen LogP contribution in [0.15, 0.2) is 53.1 Å². The summed E-state index contributed by atoms with van der Waals surface area (Å²) in [6, 6.07) is 11.9. The van der Waals surface area contributed by atoms with Crippen molar-refractivity contribution < 1.29 is 28.7 Å². The summed E-state index contributed by atoms with van der Waals surface area (Å²) in [5.74, 6) is -1.86. The van der Waals surface area contributed by atoms with Gasteiger partial charge in [0.05, 0.1) is 5.52 Å². The number of halogens is 1. The number of carboxylic acid groups (broad SMARTS) is 1. The standard InChI is InChI=1S/C23H17FN4O5/c1-28-8-7-23(32,22(28)31)18-11-17(33-27-18)12-3-2-4-13(9-12)20-25-16-10-14(24)5-6-15(16)19(26-20)21(29)30/h2-6,9-11,32H,7-8H2,1H3,(H,29,30)/t23-/m1/s1. The molecule has 2 aromatic heterocycles. The number of rotatable bonds is 4. The molecule has 0 unspecified atom stereocenters. The van der Waals surface area contributed by atoms with Gasteiger partial charge in [0.15, 0.2) is 22.9 Å². The maximum atomic E-state index is 13.7. The van der Waals surface area contributed by atoms with E-state index in [0.717, 1.165) is 12.1 Å². The zero-order valence-corrected chi connectivity index (χ0v) is 17.3. The van der Waals surface area contributed by atoms with Crippen LogP contribution in [0.3, 0.4) is 0 Å². The van der Waals surface area contributed by atoms with Crippen molar-refractivity contribution in [2.24, 2.45) is 0 Å². The largest absolute Gasteiger partial charge is 0.476 e. The second-order valence-electron chi connectivity index (χ2n) is 7.86. The van der Waals surface area contributed by atoms with Crippen molar-refractivity contribution in [2.45, 2.75) is 12.0 Å². The number of carbonyl (C=O) groups is 2. The molecule has 1 atom stereocenters. The Labute approximate surface area is 186 Å². The maximum absolute atomic E-state index is 13.7. The molecule has 0 saturated carbocycles. The molecule has 9 nitrogen and oxygen atoms in total. The normalized spacial score (nSPS) is 18.3. The molecule has 0 bridgehead atoms. The van der Waals surface area contributed by atoms with E-state index < -0.39 is 23.3 Å². The molecule has 33 heavy (non-hydrogen) atoms. The lowest BCUT2D eigenvalue weighted by molar-refractivity contribution is -0.143. The fraction of sp³-hybridized carbons (Fsp3) is 0.174. The number of carboxylic acids is 1. The second-order valence-corrected chi connectivity index (χ2v) is 7.86. The lowest BCUT2D eigenvalue weighted by Crippen LogP contribution is -2.36. The summed E-state index contributed by atoms with van der Waals surface area (Å²) in [4.78, 5) is 34.0. The van der Waals surface area contributed by atoms with Crippen LogP contribution in [-0.2, 0) is 10.4 Å². The molecular formula is C23H17FN4O5. The zero-order valence-electron chi connectivity index (χ0n) is 17.3. The van der Waals surface area contributed by atoms with Gasteiger partial charge in [0.2, 0.25) is 0 Å². The van der Waals surface area contributed by atoms with Gasteiger partial charge in [-0.25, -0.2) is 19.2 Å². The third-order valence-corrected chi connectivity index (χ3v) is 5.71. The lowest BCUT2D eigenvalue weighted by Gasteiger charge is -2.16. The Morgan fingerprint density at radius 1 is 1.15 bits per heavy atom. The molecule has 1 amide bonds. The Bertz CT molecular complexity index is 1440. The molecule has 4 aromatic rings. The number of amides is 1. The summed E-state index contributed by atoms with van der Waals surface area (Å²) in [6.07, 6.45) is 0.202. The Morgan fingerprint density at radius 3 is 2.67 bits per heavy atom. The molecular weight excluding hydrogens is 431 g/mol. The first kappa shape index (κ1) is 20.7. The first-order chi connectivity index (χ1) is 15.8. The van der Waals surface area contributed by atoms with Crippen LogP contribution < -0.4 is 0 Å². The second kappa shape index (κ2) is 7.45. The van der Waals surface area contributed by atoms with Gasteiger partial charge in [-0.3, -0.25) is 4.79 Å². The van der Waals surface area contributed by atoms with Gasteiger partial charge in [-0.1, -0.05) is 23.4 Å². The highest BCUT2D eigenvalue weighted by molar-refractivity contribution is 6.01. The first-order valence-corrected chi connectivity index (χ1v) is 10.0. The van der Waals surface area contributed by atoms with E-state index in [0.29, 0.717) is 23.4 Å². The molecule has 0 aliphatic carbocycles. The molecule has 1 fully saturated rings. The molecule has 2 aromatic carbocycles. The van der Waals surface area contributed by atoms with E-state index in [1.807, 2.05) is 0 Å². The molecule has 1 aliphatic rings. The summed E-state index contributed by atoms with van der Waals surface area (Å²) in [6.45, 7) is 0.402. The monoisotopic (exact) mass is 448 g/mol. The Hall–Kier alpha value is -4.18.